The minimum absolute atomic E-state index is 0.0137. The predicted molar refractivity (Wildman–Crippen MR) is 104 cm³/mol. The van der Waals surface area contributed by atoms with E-state index in [2.05, 4.69) is 15.2 Å². The van der Waals surface area contributed by atoms with E-state index in [1.165, 1.54) is 18.3 Å². The van der Waals surface area contributed by atoms with E-state index in [4.69, 9.17) is 16.3 Å². The molecule has 1 amide bonds. The van der Waals surface area contributed by atoms with Crippen molar-refractivity contribution < 1.29 is 22.7 Å². The van der Waals surface area contributed by atoms with E-state index in [1.54, 1.807) is 6.07 Å². The quantitative estimate of drug-likeness (QED) is 0.699. The van der Waals surface area contributed by atoms with Gasteiger partial charge in [0.1, 0.15) is 5.15 Å². The van der Waals surface area contributed by atoms with Crippen LogP contribution in [0.5, 0.6) is 0 Å². The average molecular weight is 430 g/mol. The zero-order valence-corrected chi connectivity index (χ0v) is 16.6. The number of carbonyl (C=O) groups is 1. The van der Waals surface area contributed by atoms with Crippen LogP contribution in [0.2, 0.25) is 5.15 Å². The molecule has 1 aromatic rings. The van der Waals surface area contributed by atoms with Gasteiger partial charge in [0.2, 0.25) is 0 Å². The normalized spacial score (nSPS) is 23.0. The van der Waals surface area contributed by atoms with Crippen LogP contribution in [0.25, 0.3) is 0 Å². The molecule has 0 saturated carbocycles. The van der Waals surface area contributed by atoms with Crippen LogP contribution in [0.3, 0.4) is 0 Å². The molecule has 1 saturated heterocycles. The van der Waals surface area contributed by atoms with Gasteiger partial charge in [-0.3, -0.25) is 9.69 Å². The van der Waals surface area contributed by atoms with Crippen LogP contribution in [0.15, 0.2) is 42.1 Å². The summed E-state index contributed by atoms with van der Waals surface area (Å²) in [5.41, 5.74) is -1.76. The van der Waals surface area contributed by atoms with Crippen LogP contribution in [0.1, 0.15) is 29.6 Å². The third-order valence-corrected chi connectivity index (χ3v) is 5.41. The van der Waals surface area contributed by atoms with E-state index in [0.717, 1.165) is 31.8 Å². The summed E-state index contributed by atoms with van der Waals surface area (Å²) in [5, 5.41) is 2.81. The molecular weight excluding hydrogens is 407 g/mol. The standard InChI is InChI=1S/C20H23ClF3N3O2/c21-17-16(5-2-8-25-17)18(28)26-19(6-1-4-15(14-19)20(22,23)24)7-3-9-27-10-12-29-13-11-27/h1-2,4-5,8,14H,3,6-7,9-13H2,(H,26,28). The molecule has 9 heteroatoms. The number of nitrogens with one attached hydrogen (secondary N) is 1. The first-order valence-corrected chi connectivity index (χ1v) is 9.87. The van der Waals surface area contributed by atoms with Crippen LogP contribution in [0.4, 0.5) is 13.2 Å². The van der Waals surface area contributed by atoms with Crippen molar-refractivity contribution in [1.82, 2.24) is 15.2 Å². The summed E-state index contributed by atoms with van der Waals surface area (Å²) in [4.78, 5) is 18.8. The molecule has 1 aliphatic carbocycles. The maximum absolute atomic E-state index is 13.3. The highest BCUT2D eigenvalue weighted by Crippen LogP contribution is 2.35. The van der Waals surface area contributed by atoms with Gasteiger partial charge in [0, 0.05) is 19.3 Å². The zero-order chi connectivity index (χ0) is 20.9. The second-order valence-electron chi connectivity index (χ2n) is 7.21. The van der Waals surface area contributed by atoms with Crippen molar-refractivity contribution in [3.63, 3.8) is 0 Å². The second kappa shape index (κ2) is 9.28. The fourth-order valence-electron chi connectivity index (χ4n) is 3.59. The number of nitrogens with zero attached hydrogens (tertiary/aromatic N) is 2. The summed E-state index contributed by atoms with van der Waals surface area (Å²) in [6.07, 6.45) is 1.90. The molecule has 1 N–H and O–H groups in total. The van der Waals surface area contributed by atoms with Gasteiger partial charge in [0.15, 0.2) is 0 Å². The number of hydrogen-bond acceptors (Lipinski definition) is 4. The molecule has 1 unspecified atom stereocenters. The van der Waals surface area contributed by atoms with Gasteiger partial charge >= 0.3 is 6.18 Å². The second-order valence-corrected chi connectivity index (χ2v) is 7.57. The summed E-state index contributed by atoms with van der Waals surface area (Å²) >= 11 is 5.99. The van der Waals surface area contributed by atoms with Gasteiger partial charge < -0.3 is 10.1 Å². The maximum Gasteiger partial charge on any atom is 0.416 e. The van der Waals surface area contributed by atoms with Gasteiger partial charge in [-0.15, -0.1) is 0 Å². The number of halogens is 4. The number of hydrogen-bond donors (Lipinski definition) is 1. The maximum atomic E-state index is 13.3. The van der Waals surface area contributed by atoms with Crippen molar-refractivity contribution in [1.29, 1.82) is 0 Å². The van der Waals surface area contributed by atoms with Crippen molar-refractivity contribution in [3.05, 3.63) is 52.8 Å². The van der Waals surface area contributed by atoms with Crippen LogP contribution in [-0.4, -0.2) is 60.4 Å². The third kappa shape index (κ3) is 5.81. The molecule has 0 radical (unpaired) electrons. The van der Waals surface area contributed by atoms with Gasteiger partial charge in [-0.25, -0.2) is 4.98 Å². The lowest BCUT2D eigenvalue weighted by molar-refractivity contribution is -0.0892. The molecule has 3 rings (SSSR count). The van der Waals surface area contributed by atoms with Gasteiger partial charge in [0.05, 0.1) is 29.9 Å². The number of alkyl halides is 3. The van der Waals surface area contributed by atoms with Crippen molar-refractivity contribution in [2.75, 3.05) is 32.8 Å². The first-order chi connectivity index (χ1) is 13.8. The highest BCUT2D eigenvalue weighted by Gasteiger charge is 2.39. The number of carbonyl (C=O) groups excluding carboxylic acids is 1. The number of amides is 1. The van der Waals surface area contributed by atoms with Crippen molar-refractivity contribution in [3.8, 4) is 0 Å². The van der Waals surface area contributed by atoms with Crippen molar-refractivity contribution in [2.45, 2.75) is 31.0 Å². The van der Waals surface area contributed by atoms with Crippen molar-refractivity contribution in [2.24, 2.45) is 0 Å². The Morgan fingerprint density at radius 1 is 1.34 bits per heavy atom. The number of aromatic nitrogens is 1. The van der Waals surface area contributed by atoms with Crippen LogP contribution in [0, 0.1) is 0 Å². The smallest absolute Gasteiger partial charge is 0.379 e. The SMILES string of the molecule is O=C(NC1(CCCN2CCOCC2)C=C(C(F)(F)F)C=CC1)c1cccnc1Cl. The Balaban J connectivity index is 1.77. The summed E-state index contributed by atoms with van der Waals surface area (Å²) < 4.78 is 45.3. The summed E-state index contributed by atoms with van der Waals surface area (Å²) in [7, 11) is 0. The minimum atomic E-state index is -4.48. The van der Waals surface area contributed by atoms with Gasteiger partial charge in [-0.2, -0.15) is 13.2 Å². The number of ether oxygens (including phenoxy) is 1. The molecule has 0 bridgehead atoms. The fourth-order valence-corrected chi connectivity index (χ4v) is 3.80. The van der Waals surface area contributed by atoms with Gasteiger partial charge in [-0.05, 0) is 44.0 Å². The predicted octanol–water partition coefficient (Wildman–Crippen LogP) is 3.76. The minimum Gasteiger partial charge on any atom is -0.379 e. The molecule has 158 valence electrons. The molecular formula is C20H23ClF3N3O2. The Kier molecular flexibility index (Phi) is 6.97. The van der Waals surface area contributed by atoms with Crippen LogP contribution >= 0.6 is 11.6 Å². The Bertz CT molecular complexity index is 791. The lowest BCUT2D eigenvalue weighted by Crippen LogP contribution is -2.49. The molecule has 5 nitrogen and oxygen atoms in total. The molecule has 1 fully saturated rings. The molecule has 1 aromatic heterocycles. The number of allylic oxidation sites excluding steroid dienone is 2. The molecule has 1 atom stereocenters. The lowest BCUT2D eigenvalue weighted by atomic mass is 9.83. The Labute approximate surface area is 172 Å². The topological polar surface area (TPSA) is 54.5 Å². The molecule has 2 aliphatic rings. The highest BCUT2D eigenvalue weighted by atomic mass is 35.5. The van der Waals surface area contributed by atoms with E-state index in [9.17, 15) is 18.0 Å². The summed E-state index contributed by atoms with van der Waals surface area (Å²) in [6, 6.07) is 3.06. The lowest BCUT2D eigenvalue weighted by Gasteiger charge is -2.35. The number of pyridine rings is 1. The molecule has 2 heterocycles. The molecule has 0 aromatic carbocycles. The third-order valence-electron chi connectivity index (χ3n) is 5.11. The van der Waals surface area contributed by atoms with E-state index in [1.807, 2.05) is 0 Å². The highest BCUT2D eigenvalue weighted by molar-refractivity contribution is 6.32. The Morgan fingerprint density at radius 3 is 2.79 bits per heavy atom. The first kappa shape index (κ1) is 21.8. The summed E-state index contributed by atoms with van der Waals surface area (Å²) in [5.74, 6) is -0.539. The number of morpholine rings is 1. The Morgan fingerprint density at radius 2 is 2.10 bits per heavy atom. The summed E-state index contributed by atoms with van der Waals surface area (Å²) in [6.45, 7) is 3.64. The van der Waals surface area contributed by atoms with E-state index < -0.39 is 23.2 Å². The monoisotopic (exact) mass is 429 g/mol. The Hall–Kier alpha value is -1.90. The molecule has 29 heavy (non-hydrogen) atoms. The molecule has 0 spiro atoms. The fraction of sp³-hybridized carbons (Fsp3) is 0.500. The van der Waals surface area contributed by atoms with E-state index >= 15 is 0 Å². The van der Waals surface area contributed by atoms with E-state index in [0.29, 0.717) is 26.1 Å². The average Bonchev–Trinajstić information content (AvgIpc) is 2.68. The van der Waals surface area contributed by atoms with Crippen molar-refractivity contribution >= 4 is 17.5 Å². The van der Waals surface area contributed by atoms with Crippen LogP contribution in [-0.2, 0) is 4.74 Å². The zero-order valence-electron chi connectivity index (χ0n) is 15.8. The van der Waals surface area contributed by atoms with Gasteiger partial charge in [0.25, 0.3) is 5.91 Å². The van der Waals surface area contributed by atoms with Gasteiger partial charge in [-0.1, -0.05) is 23.8 Å². The molecule has 1 aliphatic heterocycles. The van der Waals surface area contributed by atoms with E-state index in [-0.39, 0.29) is 17.1 Å². The van der Waals surface area contributed by atoms with Crippen LogP contribution < -0.4 is 5.32 Å². The number of rotatable bonds is 6. The first-order valence-electron chi connectivity index (χ1n) is 9.49. The largest absolute Gasteiger partial charge is 0.416 e.